The van der Waals surface area contributed by atoms with Crippen LogP contribution >= 0.6 is 55.9 Å². The van der Waals surface area contributed by atoms with Gasteiger partial charge in [-0.3, -0.25) is 0 Å². The zero-order chi connectivity index (χ0) is 20.2. The molecular weight excluding hydrogens is 586 g/mol. The molecule has 0 aliphatic rings. The summed E-state index contributed by atoms with van der Waals surface area (Å²) in [6.07, 6.45) is 1.21. The summed E-state index contributed by atoms with van der Waals surface area (Å²) in [6, 6.07) is 6.37. The molecule has 0 saturated heterocycles. The highest BCUT2D eigenvalue weighted by Crippen LogP contribution is 2.17. The Kier molecular flexibility index (Phi) is 15.9. The van der Waals surface area contributed by atoms with E-state index in [0.29, 0.717) is 5.92 Å². The third-order valence-electron chi connectivity index (χ3n) is 3.26. The van der Waals surface area contributed by atoms with Crippen LogP contribution in [0.5, 0.6) is 0 Å². The lowest BCUT2D eigenvalue weighted by atomic mass is 10.1. The minimum absolute atomic E-state index is 0.143. The quantitative estimate of drug-likeness (QED) is 0.307. The SMILES string of the molecule is C=C(I)[C@H](C)CC.C=C(I)[C@H](C)CO.Cc1ccc(S(=O)(=O)Cl)cc1. The molecular formula is C18H27ClI2O3S. The van der Waals surface area contributed by atoms with Crippen molar-refractivity contribution in [2.75, 3.05) is 6.61 Å². The molecule has 144 valence electrons. The minimum atomic E-state index is -3.55. The van der Waals surface area contributed by atoms with Crippen LogP contribution in [-0.2, 0) is 9.05 Å². The van der Waals surface area contributed by atoms with Gasteiger partial charge in [0.05, 0.1) is 11.5 Å². The molecule has 7 heteroatoms. The van der Waals surface area contributed by atoms with Gasteiger partial charge in [-0.25, -0.2) is 8.42 Å². The van der Waals surface area contributed by atoms with Gasteiger partial charge >= 0.3 is 0 Å². The van der Waals surface area contributed by atoms with E-state index in [2.05, 4.69) is 72.2 Å². The number of rotatable bonds is 5. The second kappa shape index (κ2) is 14.4. The van der Waals surface area contributed by atoms with Crippen molar-refractivity contribution in [2.45, 2.75) is 39.0 Å². The highest BCUT2D eigenvalue weighted by molar-refractivity contribution is 14.1. The van der Waals surface area contributed by atoms with Crippen molar-refractivity contribution in [3.05, 3.63) is 50.1 Å². The molecule has 0 radical (unpaired) electrons. The fraction of sp³-hybridized carbons (Fsp3) is 0.444. The molecule has 0 spiro atoms. The van der Waals surface area contributed by atoms with Crippen molar-refractivity contribution in [3.63, 3.8) is 0 Å². The Morgan fingerprint density at radius 2 is 1.52 bits per heavy atom. The van der Waals surface area contributed by atoms with E-state index in [9.17, 15) is 8.42 Å². The van der Waals surface area contributed by atoms with Crippen LogP contribution in [0.15, 0.2) is 49.5 Å². The monoisotopic (exact) mass is 612 g/mol. The maximum Gasteiger partial charge on any atom is 0.261 e. The summed E-state index contributed by atoms with van der Waals surface area (Å²) in [5.74, 6) is 0.946. The van der Waals surface area contributed by atoms with Crippen LogP contribution in [0.2, 0.25) is 0 Å². The second-order valence-electron chi connectivity index (χ2n) is 5.54. The summed E-state index contributed by atoms with van der Waals surface area (Å²) in [5.41, 5.74) is 1.01. The maximum atomic E-state index is 10.7. The normalized spacial score (nSPS) is 12.6. The third-order valence-corrected chi connectivity index (χ3v) is 6.75. The zero-order valence-electron chi connectivity index (χ0n) is 15.1. The number of allylic oxidation sites excluding steroid dienone is 1. The van der Waals surface area contributed by atoms with Crippen molar-refractivity contribution in [1.29, 1.82) is 0 Å². The highest BCUT2D eigenvalue weighted by Gasteiger charge is 2.07. The number of hydrogen-bond donors (Lipinski definition) is 1. The van der Waals surface area contributed by atoms with Crippen LogP contribution in [0, 0.1) is 18.8 Å². The first-order valence-electron chi connectivity index (χ1n) is 7.67. The van der Waals surface area contributed by atoms with Gasteiger partial charge in [0.2, 0.25) is 0 Å². The lowest BCUT2D eigenvalue weighted by Gasteiger charge is -2.02. The number of aryl methyl sites for hydroxylation is 1. The molecule has 1 N–H and O–H groups in total. The number of hydrogen-bond acceptors (Lipinski definition) is 3. The summed E-state index contributed by atoms with van der Waals surface area (Å²) in [5, 5.41) is 8.44. The van der Waals surface area contributed by atoms with Crippen LogP contribution in [0.1, 0.15) is 32.8 Å². The van der Waals surface area contributed by atoms with Gasteiger partial charge in [-0.05, 0) is 83.7 Å². The van der Waals surface area contributed by atoms with E-state index in [1.54, 1.807) is 12.1 Å². The summed E-state index contributed by atoms with van der Waals surface area (Å²) in [4.78, 5) is 0.143. The van der Waals surface area contributed by atoms with Crippen molar-refractivity contribution in [3.8, 4) is 0 Å². The standard InChI is InChI=1S/C7H7ClO2S.C6H11I.C5H9IO/c1-6-2-4-7(5-3-6)11(8,9)10;1-4-5(2)6(3)7;1-4(3-7)5(2)6/h2-5H,1H3;5H,3-4H2,1-2H3;4,7H,2-3H2,1H3/t;5-;4-/m.11/s1. The first-order valence-corrected chi connectivity index (χ1v) is 12.1. The third kappa shape index (κ3) is 15.1. The van der Waals surface area contributed by atoms with E-state index in [0.717, 1.165) is 9.14 Å². The van der Waals surface area contributed by atoms with Gasteiger partial charge in [0, 0.05) is 16.6 Å². The Bertz CT molecular complexity index is 608. The molecule has 1 aromatic rings. The molecule has 2 atom stereocenters. The molecule has 0 aliphatic heterocycles. The zero-order valence-corrected chi connectivity index (χ0v) is 21.0. The second-order valence-corrected chi connectivity index (χ2v) is 10.9. The number of halogens is 3. The lowest BCUT2D eigenvalue weighted by Crippen LogP contribution is -1.97. The molecule has 1 aromatic carbocycles. The summed E-state index contributed by atoms with van der Waals surface area (Å²) in [6.45, 7) is 15.9. The predicted molar refractivity (Wildman–Crippen MR) is 126 cm³/mol. The molecule has 0 aromatic heterocycles. The molecule has 0 amide bonds. The molecule has 0 bridgehead atoms. The fourth-order valence-electron chi connectivity index (χ4n) is 1.02. The van der Waals surface area contributed by atoms with E-state index in [-0.39, 0.29) is 17.4 Å². The van der Waals surface area contributed by atoms with Gasteiger partial charge in [-0.1, -0.05) is 51.6 Å². The molecule has 0 heterocycles. The van der Waals surface area contributed by atoms with E-state index in [1.165, 1.54) is 22.1 Å². The van der Waals surface area contributed by atoms with Crippen molar-refractivity contribution < 1.29 is 13.5 Å². The number of aliphatic hydroxyl groups is 1. The van der Waals surface area contributed by atoms with Gasteiger partial charge in [0.25, 0.3) is 9.05 Å². The van der Waals surface area contributed by atoms with Crippen molar-refractivity contribution >= 4 is 64.9 Å². The van der Waals surface area contributed by atoms with Crippen LogP contribution < -0.4 is 0 Å². The van der Waals surface area contributed by atoms with Crippen LogP contribution in [0.3, 0.4) is 0 Å². The number of benzene rings is 1. The van der Waals surface area contributed by atoms with E-state index in [4.69, 9.17) is 15.8 Å². The van der Waals surface area contributed by atoms with E-state index >= 15 is 0 Å². The smallest absolute Gasteiger partial charge is 0.261 e. The Balaban J connectivity index is 0. The summed E-state index contributed by atoms with van der Waals surface area (Å²) >= 11 is 4.39. The molecule has 0 aliphatic carbocycles. The van der Waals surface area contributed by atoms with Gasteiger partial charge in [-0.15, -0.1) is 0 Å². The van der Waals surface area contributed by atoms with Gasteiger partial charge in [0.1, 0.15) is 0 Å². The average Bonchev–Trinajstić information content (AvgIpc) is 2.53. The maximum absolute atomic E-state index is 10.7. The fourth-order valence-corrected chi connectivity index (χ4v) is 2.43. The molecule has 1 rings (SSSR count). The first kappa shape index (κ1) is 27.6. The highest BCUT2D eigenvalue weighted by atomic mass is 127. The molecule has 0 saturated carbocycles. The minimum Gasteiger partial charge on any atom is -0.396 e. The Morgan fingerprint density at radius 3 is 1.68 bits per heavy atom. The Morgan fingerprint density at radius 1 is 1.12 bits per heavy atom. The van der Waals surface area contributed by atoms with Crippen LogP contribution in [0.25, 0.3) is 0 Å². The molecule has 25 heavy (non-hydrogen) atoms. The summed E-state index contributed by atoms with van der Waals surface area (Å²) in [7, 11) is 1.54. The largest absolute Gasteiger partial charge is 0.396 e. The van der Waals surface area contributed by atoms with Crippen LogP contribution in [0.4, 0.5) is 0 Å². The van der Waals surface area contributed by atoms with E-state index in [1.807, 2.05) is 13.8 Å². The van der Waals surface area contributed by atoms with Crippen molar-refractivity contribution in [1.82, 2.24) is 0 Å². The first-order chi connectivity index (χ1) is 11.4. The number of aliphatic hydroxyl groups excluding tert-OH is 1. The molecule has 0 fully saturated rings. The Labute approximate surface area is 184 Å². The van der Waals surface area contributed by atoms with Gasteiger partial charge < -0.3 is 5.11 Å². The topological polar surface area (TPSA) is 54.4 Å². The molecule has 3 nitrogen and oxygen atoms in total. The molecule has 0 unspecified atom stereocenters. The van der Waals surface area contributed by atoms with Gasteiger partial charge in [-0.2, -0.15) is 0 Å². The Hall–Kier alpha value is 0.360. The van der Waals surface area contributed by atoms with Crippen LogP contribution in [-0.4, -0.2) is 20.1 Å². The average molecular weight is 613 g/mol. The van der Waals surface area contributed by atoms with Crippen molar-refractivity contribution in [2.24, 2.45) is 11.8 Å². The lowest BCUT2D eigenvalue weighted by molar-refractivity contribution is 0.261. The van der Waals surface area contributed by atoms with Gasteiger partial charge in [0.15, 0.2) is 0 Å². The van der Waals surface area contributed by atoms with E-state index < -0.39 is 9.05 Å². The predicted octanol–water partition coefficient (Wildman–Crippen LogP) is 6.47. The summed E-state index contributed by atoms with van der Waals surface area (Å²) < 4.78 is 23.7.